The zero-order valence-corrected chi connectivity index (χ0v) is 19.0. The SMILES string of the molecule is CN(C)CC(=O)N1CCC(C[C@]2(C)SC(=N[C@H]3CC[C@@H]4CC[C@H]3C4)NC2=O)CC1. The number of piperidine rings is 1. The van der Waals surface area contributed by atoms with Crippen molar-refractivity contribution in [2.75, 3.05) is 33.7 Å². The van der Waals surface area contributed by atoms with Crippen molar-refractivity contribution in [3.63, 3.8) is 0 Å². The molecular weight excluding hydrogens is 384 g/mol. The number of nitrogens with zero attached hydrogens (tertiary/aromatic N) is 3. The molecule has 2 heterocycles. The number of amidine groups is 1. The van der Waals surface area contributed by atoms with E-state index in [1.165, 1.54) is 32.1 Å². The minimum atomic E-state index is -0.424. The summed E-state index contributed by atoms with van der Waals surface area (Å²) < 4.78 is -0.424. The second kappa shape index (κ2) is 8.58. The molecule has 2 saturated heterocycles. The van der Waals surface area contributed by atoms with E-state index in [1.54, 1.807) is 11.8 Å². The van der Waals surface area contributed by atoms with Crippen molar-refractivity contribution in [1.29, 1.82) is 0 Å². The Morgan fingerprint density at radius 3 is 2.66 bits per heavy atom. The molecule has 6 nitrogen and oxygen atoms in total. The van der Waals surface area contributed by atoms with Crippen molar-refractivity contribution in [2.24, 2.45) is 22.7 Å². The number of aliphatic imine (C=N–C) groups is 1. The van der Waals surface area contributed by atoms with Crippen LogP contribution < -0.4 is 5.32 Å². The fourth-order valence-corrected chi connectivity index (χ4v) is 6.92. The fraction of sp³-hybridized carbons (Fsp3) is 0.864. The Labute approximate surface area is 179 Å². The Morgan fingerprint density at radius 2 is 1.93 bits per heavy atom. The van der Waals surface area contributed by atoms with Gasteiger partial charge in [-0.1, -0.05) is 18.2 Å². The highest BCUT2D eigenvalue weighted by Gasteiger charge is 2.45. The lowest BCUT2D eigenvalue weighted by Crippen LogP contribution is -2.44. The van der Waals surface area contributed by atoms with Gasteiger partial charge in [-0.3, -0.25) is 14.6 Å². The van der Waals surface area contributed by atoms with Crippen LogP contribution in [-0.4, -0.2) is 71.3 Å². The summed E-state index contributed by atoms with van der Waals surface area (Å²) in [4.78, 5) is 34.0. The molecule has 0 spiro atoms. The van der Waals surface area contributed by atoms with Crippen molar-refractivity contribution >= 4 is 28.7 Å². The monoisotopic (exact) mass is 420 g/mol. The number of nitrogens with one attached hydrogen (secondary N) is 1. The van der Waals surface area contributed by atoms with Gasteiger partial charge in [0.2, 0.25) is 11.8 Å². The Bertz CT molecular complexity index is 674. The van der Waals surface area contributed by atoms with Gasteiger partial charge in [0.1, 0.15) is 0 Å². The van der Waals surface area contributed by atoms with E-state index < -0.39 is 4.75 Å². The molecule has 1 N–H and O–H groups in total. The molecule has 2 aliphatic heterocycles. The highest BCUT2D eigenvalue weighted by Crippen LogP contribution is 2.45. The topological polar surface area (TPSA) is 65.0 Å². The maximum atomic E-state index is 12.8. The molecule has 0 aromatic rings. The smallest absolute Gasteiger partial charge is 0.242 e. The predicted molar refractivity (Wildman–Crippen MR) is 118 cm³/mol. The third-order valence-electron chi connectivity index (χ3n) is 7.40. The van der Waals surface area contributed by atoms with Crippen LogP contribution in [-0.2, 0) is 9.59 Å². The summed E-state index contributed by atoms with van der Waals surface area (Å²) in [5, 5.41) is 3.95. The predicted octanol–water partition coefficient (Wildman–Crippen LogP) is 2.73. The zero-order chi connectivity index (χ0) is 20.6. The quantitative estimate of drug-likeness (QED) is 0.743. The summed E-state index contributed by atoms with van der Waals surface area (Å²) in [6, 6.07) is 0.407. The molecule has 4 rings (SSSR count). The summed E-state index contributed by atoms with van der Waals surface area (Å²) in [6.45, 7) is 4.17. The van der Waals surface area contributed by atoms with Gasteiger partial charge >= 0.3 is 0 Å². The summed E-state index contributed by atoms with van der Waals surface area (Å²) in [5.74, 6) is 2.49. The number of carbonyl (C=O) groups excluding carboxylic acids is 2. The van der Waals surface area contributed by atoms with Crippen molar-refractivity contribution in [3.05, 3.63) is 0 Å². The second-order valence-electron chi connectivity index (χ2n) is 10.1. The summed E-state index contributed by atoms with van der Waals surface area (Å²) >= 11 is 1.65. The van der Waals surface area contributed by atoms with Gasteiger partial charge in [0, 0.05) is 13.1 Å². The van der Waals surface area contributed by atoms with Gasteiger partial charge in [-0.2, -0.15) is 0 Å². The summed E-state index contributed by atoms with van der Waals surface area (Å²) in [5.41, 5.74) is 0. The zero-order valence-electron chi connectivity index (χ0n) is 18.2. The van der Waals surface area contributed by atoms with Gasteiger partial charge in [0.05, 0.1) is 17.3 Å². The first-order valence-corrected chi connectivity index (χ1v) is 12.1. The van der Waals surface area contributed by atoms with Crippen LogP contribution in [0.25, 0.3) is 0 Å². The molecule has 162 valence electrons. The van der Waals surface area contributed by atoms with Gasteiger partial charge in [-0.15, -0.1) is 0 Å². The number of thioether (sulfide) groups is 1. The molecule has 0 aromatic carbocycles. The summed E-state index contributed by atoms with van der Waals surface area (Å²) in [6.07, 6.45) is 9.36. The van der Waals surface area contributed by atoms with E-state index in [0.29, 0.717) is 18.5 Å². The maximum absolute atomic E-state index is 12.8. The number of hydrogen-bond acceptors (Lipinski definition) is 5. The first-order valence-electron chi connectivity index (χ1n) is 11.3. The van der Waals surface area contributed by atoms with E-state index in [-0.39, 0.29) is 11.8 Å². The number of fused-ring (bicyclic) bond motifs is 2. The molecular formula is C22H36N4O2S. The fourth-order valence-electron chi connectivity index (χ4n) is 5.70. The standard InChI is InChI=1S/C22H36N4O2S/c1-22(13-16-8-10-26(11-9-16)19(27)14-25(2)3)20(28)24-21(29-22)23-18-7-5-15-4-6-17(18)12-15/h15-18H,4-14H2,1-3H3,(H,23,24,28)/t15-,17-,18-,22-/m0/s1. The minimum Gasteiger partial charge on any atom is -0.342 e. The van der Waals surface area contributed by atoms with Crippen LogP contribution in [0, 0.1) is 17.8 Å². The van der Waals surface area contributed by atoms with Crippen molar-refractivity contribution in [2.45, 2.75) is 69.1 Å². The number of rotatable bonds is 5. The molecule has 4 aliphatic rings. The molecule has 0 aromatic heterocycles. The van der Waals surface area contributed by atoms with E-state index in [2.05, 4.69) is 12.2 Å². The Balaban J connectivity index is 1.30. The van der Waals surface area contributed by atoms with Crippen LogP contribution in [0.1, 0.15) is 58.3 Å². The average molecular weight is 421 g/mol. The maximum Gasteiger partial charge on any atom is 0.242 e. The molecule has 0 radical (unpaired) electrons. The van der Waals surface area contributed by atoms with E-state index in [1.807, 2.05) is 23.9 Å². The lowest BCUT2D eigenvalue weighted by Gasteiger charge is -2.35. The highest BCUT2D eigenvalue weighted by atomic mass is 32.2. The lowest BCUT2D eigenvalue weighted by molar-refractivity contribution is -0.133. The van der Waals surface area contributed by atoms with Crippen molar-refractivity contribution in [1.82, 2.24) is 15.1 Å². The second-order valence-corrected chi connectivity index (χ2v) is 11.6. The van der Waals surface area contributed by atoms with Crippen LogP contribution in [0.2, 0.25) is 0 Å². The largest absolute Gasteiger partial charge is 0.342 e. The molecule has 2 aliphatic carbocycles. The van der Waals surface area contributed by atoms with Gasteiger partial charge < -0.3 is 15.1 Å². The number of hydrogen-bond donors (Lipinski definition) is 1. The average Bonchev–Trinajstić information content (AvgIpc) is 3.18. The van der Waals surface area contributed by atoms with E-state index >= 15 is 0 Å². The Kier molecular flexibility index (Phi) is 6.26. The van der Waals surface area contributed by atoms with Crippen LogP contribution in [0.5, 0.6) is 0 Å². The normalized spacial score (nSPS) is 36.8. The third-order valence-corrected chi connectivity index (χ3v) is 8.60. The Hall–Kier alpha value is -1.08. The molecule has 7 heteroatoms. The van der Waals surface area contributed by atoms with Gasteiger partial charge in [-0.05, 0) is 83.7 Å². The molecule has 29 heavy (non-hydrogen) atoms. The highest BCUT2D eigenvalue weighted by molar-refractivity contribution is 8.16. The molecule has 4 fully saturated rings. The number of amides is 2. The van der Waals surface area contributed by atoms with Crippen LogP contribution in [0.15, 0.2) is 4.99 Å². The Morgan fingerprint density at radius 1 is 1.21 bits per heavy atom. The number of likely N-dealkylation sites (N-methyl/N-ethyl adjacent to an activating group) is 1. The van der Waals surface area contributed by atoms with Gasteiger partial charge in [0.15, 0.2) is 5.17 Å². The lowest BCUT2D eigenvalue weighted by atomic mass is 9.85. The molecule has 0 unspecified atom stereocenters. The van der Waals surface area contributed by atoms with Gasteiger partial charge in [0.25, 0.3) is 0 Å². The molecule has 4 atom stereocenters. The molecule has 2 amide bonds. The van der Waals surface area contributed by atoms with Crippen LogP contribution in [0.4, 0.5) is 0 Å². The molecule has 2 bridgehead atoms. The number of carbonyl (C=O) groups is 2. The van der Waals surface area contributed by atoms with Crippen LogP contribution in [0.3, 0.4) is 0 Å². The first kappa shape index (κ1) is 21.2. The summed E-state index contributed by atoms with van der Waals surface area (Å²) in [7, 11) is 3.86. The van der Waals surface area contributed by atoms with E-state index in [4.69, 9.17) is 4.99 Å². The third kappa shape index (κ3) is 4.82. The first-order chi connectivity index (χ1) is 13.8. The molecule has 2 saturated carbocycles. The van der Waals surface area contributed by atoms with E-state index in [9.17, 15) is 9.59 Å². The van der Waals surface area contributed by atoms with Crippen molar-refractivity contribution < 1.29 is 9.59 Å². The van der Waals surface area contributed by atoms with E-state index in [0.717, 1.165) is 49.4 Å². The van der Waals surface area contributed by atoms with Crippen molar-refractivity contribution in [3.8, 4) is 0 Å². The number of likely N-dealkylation sites (tertiary alicyclic amines) is 1. The van der Waals surface area contributed by atoms with Crippen LogP contribution >= 0.6 is 11.8 Å². The minimum absolute atomic E-state index is 0.118. The van der Waals surface area contributed by atoms with Gasteiger partial charge in [-0.25, -0.2) is 0 Å².